The van der Waals surface area contributed by atoms with E-state index >= 15 is 0 Å². The van der Waals surface area contributed by atoms with Gasteiger partial charge in [0.2, 0.25) is 11.8 Å². The molecule has 0 amide bonds. The number of fused-ring (bicyclic) bond motifs is 1. The Kier molecular flexibility index (Phi) is 11.7. The fourth-order valence-electron chi connectivity index (χ4n) is 3.25. The van der Waals surface area contributed by atoms with E-state index < -0.39 is 0 Å². The zero-order valence-corrected chi connectivity index (χ0v) is 20.6. The minimum Gasteiger partial charge on any atom is -0.476 e. The monoisotopic (exact) mass is 450 g/mol. The Morgan fingerprint density at radius 3 is 2.39 bits per heavy atom. The van der Waals surface area contributed by atoms with Gasteiger partial charge in [0.1, 0.15) is 6.61 Å². The summed E-state index contributed by atoms with van der Waals surface area (Å²) in [5, 5.41) is 9.85. The van der Waals surface area contributed by atoms with Crippen LogP contribution in [0, 0.1) is 0 Å². The number of aromatic nitrogens is 2. The SMILES string of the molecule is CC.CCCN(CCC)c1nc(/C=N/Nc2ccc3ccccc3c2)cc(OCCNC)n1. The van der Waals surface area contributed by atoms with Crippen molar-refractivity contribution in [1.29, 1.82) is 0 Å². The number of hydrogen-bond donors (Lipinski definition) is 2. The summed E-state index contributed by atoms with van der Waals surface area (Å²) >= 11 is 0. The summed E-state index contributed by atoms with van der Waals surface area (Å²) < 4.78 is 5.82. The Morgan fingerprint density at radius 2 is 1.70 bits per heavy atom. The summed E-state index contributed by atoms with van der Waals surface area (Å²) in [6.45, 7) is 11.4. The van der Waals surface area contributed by atoms with Crippen LogP contribution in [-0.2, 0) is 0 Å². The highest BCUT2D eigenvalue weighted by molar-refractivity contribution is 5.86. The number of ether oxygens (including phenoxy) is 1. The Bertz CT molecular complexity index is 985. The largest absolute Gasteiger partial charge is 0.476 e. The Hall–Kier alpha value is -3.19. The second kappa shape index (κ2) is 14.8. The number of hydrazone groups is 1. The van der Waals surface area contributed by atoms with Gasteiger partial charge in [0.25, 0.3) is 0 Å². The lowest BCUT2D eigenvalue weighted by atomic mass is 10.1. The van der Waals surface area contributed by atoms with Crippen molar-refractivity contribution in [1.82, 2.24) is 15.3 Å². The topological polar surface area (TPSA) is 74.7 Å². The van der Waals surface area contributed by atoms with E-state index in [0.29, 0.717) is 24.1 Å². The van der Waals surface area contributed by atoms with Gasteiger partial charge in [-0.3, -0.25) is 5.43 Å². The maximum Gasteiger partial charge on any atom is 0.229 e. The van der Waals surface area contributed by atoms with E-state index in [1.54, 1.807) is 6.21 Å². The van der Waals surface area contributed by atoms with Crippen LogP contribution >= 0.6 is 0 Å². The molecule has 33 heavy (non-hydrogen) atoms. The van der Waals surface area contributed by atoms with E-state index in [1.807, 2.05) is 45.2 Å². The molecule has 3 aromatic rings. The molecule has 1 aromatic heterocycles. The minimum absolute atomic E-state index is 0.542. The van der Waals surface area contributed by atoms with Crippen molar-refractivity contribution in [3.8, 4) is 5.88 Å². The van der Waals surface area contributed by atoms with Crippen LogP contribution in [0.2, 0.25) is 0 Å². The predicted octanol–water partition coefficient (Wildman–Crippen LogP) is 5.33. The highest BCUT2D eigenvalue weighted by Gasteiger charge is 2.11. The summed E-state index contributed by atoms with van der Waals surface area (Å²) in [7, 11) is 1.90. The molecule has 0 bridgehead atoms. The molecular weight excluding hydrogens is 412 g/mol. The normalized spacial score (nSPS) is 10.7. The molecule has 0 radical (unpaired) electrons. The molecule has 0 saturated heterocycles. The van der Waals surface area contributed by atoms with E-state index in [4.69, 9.17) is 9.72 Å². The smallest absolute Gasteiger partial charge is 0.229 e. The molecular formula is C26H38N6O. The highest BCUT2D eigenvalue weighted by Crippen LogP contribution is 2.19. The van der Waals surface area contributed by atoms with Gasteiger partial charge in [0.15, 0.2) is 0 Å². The quantitative estimate of drug-likeness (QED) is 0.221. The predicted molar refractivity (Wildman–Crippen MR) is 141 cm³/mol. The van der Waals surface area contributed by atoms with Gasteiger partial charge < -0.3 is 15.0 Å². The number of nitrogens with zero attached hydrogens (tertiary/aromatic N) is 4. The van der Waals surface area contributed by atoms with Gasteiger partial charge in [-0.25, -0.2) is 4.98 Å². The molecule has 2 N–H and O–H groups in total. The van der Waals surface area contributed by atoms with Crippen LogP contribution in [0.3, 0.4) is 0 Å². The molecule has 3 rings (SSSR count). The third-order valence-corrected chi connectivity index (χ3v) is 4.72. The number of anilines is 2. The van der Waals surface area contributed by atoms with Crippen LogP contribution in [0.1, 0.15) is 46.2 Å². The number of nitrogens with one attached hydrogen (secondary N) is 2. The van der Waals surface area contributed by atoms with Crippen LogP contribution < -0.4 is 20.4 Å². The van der Waals surface area contributed by atoms with E-state index in [0.717, 1.165) is 38.2 Å². The van der Waals surface area contributed by atoms with Crippen molar-refractivity contribution < 1.29 is 4.74 Å². The fourth-order valence-corrected chi connectivity index (χ4v) is 3.25. The maximum absolute atomic E-state index is 5.82. The molecule has 2 aromatic carbocycles. The van der Waals surface area contributed by atoms with Crippen molar-refractivity contribution >= 4 is 28.6 Å². The first-order valence-corrected chi connectivity index (χ1v) is 11.9. The second-order valence-corrected chi connectivity index (χ2v) is 7.30. The van der Waals surface area contributed by atoms with Crippen LogP contribution in [0.15, 0.2) is 53.6 Å². The summed E-state index contributed by atoms with van der Waals surface area (Å²) in [6, 6.07) is 16.3. The first-order valence-electron chi connectivity index (χ1n) is 11.9. The van der Waals surface area contributed by atoms with Gasteiger partial charge in [0.05, 0.1) is 17.6 Å². The van der Waals surface area contributed by atoms with Crippen molar-refractivity contribution in [3.05, 3.63) is 54.2 Å². The Labute approximate surface area is 198 Å². The molecule has 7 heteroatoms. The van der Waals surface area contributed by atoms with Gasteiger partial charge in [-0.05, 0) is 42.8 Å². The Balaban J connectivity index is 0.00000187. The lowest BCUT2D eigenvalue weighted by molar-refractivity contribution is 0.306. The van der Waals surface area contributed by atoms with Gasteiger partial charge in [-0.1, -0.05) is 58.0 Å². The number of benzene rings is 2. The van der Waals surface area contributed by atoms with Crippen molar-refractivity contribution in [2.24, 2.45) is 5.10 Å². The van der Waals surface area contributed by atoms with Crippen LogP contribution in [0.5, 0.6) is 5.88 Å². The average Bonchev–Trinajstić information content (AvgIpc) is 2.85. The van der Waals surface area contributed by atoms with Gasteiger partial charge >= 0.3 is 0 Å². The summed E-state index contributed by atoms with van der Waals surface area (Å²) in [4.78, 5) is 11.5. The third kappa shape index (κ3) is 8.35. The van der Waals surface area contributed by atoms with E-state index in [2.05, 4.69) is 63.8 Å². The third-order valence-electron chi connectivity index (χ3n) is 4.72. The van der Waals surface area contributed by atoms with Gasteiger partial charge in [-0.2, -0.15) is 10.1 Å². The number of hydrogen-bond acceptors (Lipinski definition) is 7. The molecule has 0 fully saturated rings. The van der Waals surface area contributed by atoms with Crippen LogP contribution in [0.4, 0.5) is 11.6 Å². The first-order chi connectivity index (χ1) is 16.2. The molecule has 178 valence electrons. The average molecular weight is 451 g/mol. The highest BCUT2D eigenvalue weighted by atomic mass is 16.5. The van der Waals surface area contributed by atoms with E-state index in [9.17, 15) is 0 Å². The number of likely N-dealkylation sites (N-methyl/N-ethyl adjacent to an activating group) is 1. The van der Waals surface area contributed by atoms with E-state index in [1.165, 1.54) is 10.8 Å². The summed E-state index contributed by atoms with van der Waals surface area (Å²) in [6.07, 6.45) is 3.77. The standard InChI is InChI=1S/C24H32N6O.C2H6/c1-4-13-30(14-5-2)24-27-22(17-23(28-24)31-15-12-25-3)18-26-29-21-11-10-19-8-6-7-9-20(19)16-21;1-2/h6-11,16-18,25,29H,4-5,12-15H2,1-3H3;1-2H3/b26-18+;. The van der Waals surface area contributed by atoms with Crippen LogP contribution in [0.25, 0.3) is 10.8 Å². The van der Waals surface area contributed by atoms with E-state index in [-0.39, 0.29) is 0 Å². The van der Waals surface area contributed by atoms with Gasteiger partial charge in [0, 0.05) is 25.7 Å². The summed E-state index contributed by atoms with van der Waals surface area (Å²) in [5.41, 5.74) is 4.73. The van der Waals surface area contributed by atoms with Crippen LogP contribution in [-0.4, -0.2) is 49.5 Å². The molecule has 0 aliphatic rings. The Morgan fingerprint density at radius 1 is 0.970 bits per heavy atom. The summed E-state index contributed by atoms with van der Waals surface area (Å²) in [5.74, 6) is 1.24. The molecule has 0 saturated carbocycles. The zero-order valence-electron chi connectivity index (χ0n) is 20.6. The number of rotatable bonds is 12. The second-order valence-electron chi connectivity index (χ2n) is 7.30. The van der Waals surface area contributed by atoms with Crippen molar-refractivity contribution in [2.75, 3.05) is 43.6 Å². The molecule has 7 nitrogen and oxygen atoms in total. The molecule has 0 atom stereocenters. The molecule has 1 heterocycles. The van der Waals surface area contributed by atoms with Gasteiger partial charge in [-0.15, -0.1) is 0 Å². The molecule has 0 spiro atoms. The minimum atomic E-state index is 0.542. The fraction of sp³-hybridized carbons (Fsp3) is 0.423. The van der Waals surface area contributed by atoms with Crippen molar-refractivity contribution in [2.45, 2.75) is 40.5 Å². The molecule has 0 unspecified atom stereocenters. The lowest BCUT2D eigenvalue weighted by Crippen LogP contribution is -2.27. The lowest BCUT2D eigenvalue weighted by Gasteiger charge is -2.22. The molecule has 0 aliphatic heterocycles. The molecule has 0 aliphatic carbocycles. The first kappa shape index (κ1) is 26.1. The van der Waals surface area contributed by atoms with Crippen molar-refractivity contribution in [3.63, 3.8) is 0 Å². The zero-order chi connectivity index (χ0) is 23.9. The maximum atomic E-state index is 5.82.